The molecule has 0 saturated heterocycles. The molecule has 3 aromatic carbocycles. The van der Waals surface area contributed by atoms with E-state index in [1.807, 2.05) is 31.2 Å². The third kappa shape index (κ3) is 3.91. The molecule has 3 aromatic rings. The first kappa shape index (κ1) is 21.3. The normalized spacial score (nSPS) is 16.1. The first-order valence-electron chi connectivity index (χ1n) is 10.1. The maximum Gasteiger partial charge on any atom is 0.231 e. The van der Waals surface area contributed by atoms with Gasteiger partial charge >= 0.3 is 0 Å². The Morgan fingerprint density at radius 2 is 1.70 bits per heavy atom. The molecule has 0 amide bonds. The fraction of sp³-hybridized carbons (Fsp3) is 0.160. The van der Waals surface area contributed by atoms with Gasteiger partial charge in [0.25, 0.3) is 0 Å². The summed E-state index contributed by atoms with van der Waals surface area (Å²) in [6.45, 7) is 2.45. The summed E-state index contributed by atoms with van der Waals surface area (Å²) in [7, 11) is 0. The topological polar surface area (TPSA) is 86.7 Å². The van der Waals surface area contributed by atoms with E-state index >= 15 is 0 Å². The summed E-state index contributed by atoms with van der Waals surface area (Å²) in [4.78, 5) is 0. The van der Waals surface area contributed by atoms with Crippen molar-refractivity contribution in [1.29, 1.82) is 5.26 Å². The van der Waals surface area contributed by atoms with Crippen LogP contribution in [0.1, 0.15) is 28.2 Å². The second-order valence-electron chi connectivity index (χ2n) is 7.76. The third-order valence-corrected chi connectivity index (χ3v) is 6.13. The summed E-state index contributed by atoms with van der Waals surface area (Å²) in [5, 5.41) is 10.5. The predicted molar refractivity (Wildman–Crippen MR) is 124 cm³/mol. The Kier molecular flexibility index (Phi) is 5.45. The van der Waals surface area contributed by atoms with Gasteiger partial charge in [0, 0.05) is 11.6 Å². The maximum atomic E-state index is 9.82. The molecular weight excluding hydrogens is 463 g/mol. The van der Waals surface area contributed by atoms with Crippen molar-refractivity contribution in [3.8, 4) is 29.1 Å². The maximum absolute atomic E-state index is 9.82. The quantitative estimate of drug-likeness (QED) is 0.505. The Balaban J connectivity index is 1.52. The van der Waals surface area contributed by atoms with Crippen LogP contribution >= 0.6 is 23.2 Å². The van der Waals surface area contributed by atoms with Crippen LogP contribution in [0.3, 0.4) is 0 Å². The van der Waals surface area contributed by atoms with Crippen molar-refractivity contribution in [2.75, 3.05) is 6.79 Å². The molecule has 0 aromatic heterocycles. The highest BCUT2D eigenvalue weighted by molar-refractivity contribution is 6.37. The van der Waals surface area contributed by atoms with Gasteiger partial charge < -0.3 is 24.7 Å². The van der Waals surface area contributed by atoms with E-state index in [0.29, 0.717) is 50.8 Å². The molecule has 166 valence electrons. The van der Waals surface area contributed by atoms with Gasteiger partial charge in [-0.15, -0.1) is 0 Å². The van der Waals surface area contributed by atoms with Crippen molar-refractivity contribution in [1.82, 2.24) is 0 Å². The Morgan fingerprint density at radius 3 is 2.36 bits per heavy atom. The Labute approximate surface area is 200 Å². The molecule has 0 bridgehead atoms. The van der Waals surface area contributed by atoms with Crippen LogP contribution in [-0.4, -0.2) is 6.79 Å². The van der Waals surface area contributed by atoms with Crippen molar-refractivity contribution in [2.45, 2.75) is 19.4 Å². The van der Waals surface area contributed by atoms with Crippen LogP contribution in [0.2, 0.25) is 10.0 Å². The minimum Gasteiger partial charge on any atom is -0.486 e. The zero-order chi connectivity index (χ0) is 23.1. The lowest BCUT2D eigenvalue weighted by Crippen LogP contribution is -2.21. The van der Waals surface area contributed by atoms with E-state index in [9.17, 15) is 5.26 Å². The molecule has 2 aliphatic rings. The lowest BCUT2D eigenvalue weighted by Gasteiger charge is -2.27. The van der Waals surface area contributed by atoms with Gasteiger partial charge in [0.1, 0.15) is 24.0 Å². The predicted octanol–water partition coefficient (Wildman–Crippen LogP) is 5.83. The van der Waals surface area contributed by atoms with E-state index in [1.165, 1.54) is 5.56 Å². The molecule has 0 spiro atoms. The van der Waals surface area contributed by atoms with Crippen LogP contribution < -0.4 is 24.7 Å². The van der Waals surface area contributed by atoms with Gasteiger partial charge in [0.15, 0.2) is 17.2 Å². The van der Waals surface area contributed by atoms with Crippen molar-refractivity contribution in [3.63, 3.8) is 0 Å². The number of hydrogen-bond acceptors (Lipinski definition) is 6. The highest BCUT2D eigenvalue weighted by Crippen LogP contribution is 2.49. The molecule has 0 aliphatic carbocycles. The lowest BCUT2D eigenvalue weighted by atomic mass is 9.83. The van der Waals surface area contributed by atoms with E-state index in [0.717, 1.165) is 5.56 Å². The molecule has 2 aliphatic heterocycles. The molecule has 0 radical (unpaired) electrons. The van der Waals surface area contributed by atoms with E-state index in [4.69, 9.17) is 47.9 Å². The molecule has 0 unspecified atom stereocenters. The molecule has 2 N–H and O–H groups in total. The number of nitriles is 1. The summed E-state index contributed by atoms with van der Waals surface area (Å²) in [5.74, 6) is 1.44. The monoisotopic (exact) mass is 480 g/mol. The Morgan fingerprint density at radius 1 is 1.03 bits per heavy atom. The summed E-state index contributed by atoms with van der Waals surface area (Å²) in [6.07, 6.45) is 0. The van der Waals surface area contributed by atoms with Gasteiger partial charge in [-0.25, -0.2) is 0 Å². The zero-order valence-corrected chi connectivity index (χ0v) is 19.0. The van der Waals surface area contributed by atoms with Crippen molar-refractivity contribution < 1.29 is 18.9 Å². The molecule has 1 atom stereocenters. The highest BCUT2D eigenvalue weighted by Gasteiger charge is 2.34. The first-order valence-corrected chi connectivity index (χ1v) is 10.9. The smallest absolute Gasteiger partial charge is 0.231 e. The van der Waals surface area contributed by atoms with Crippen molar-refractivity contribution >= 4 is 23.2 Å². The molecular formula is C25H18Cl2N2O4. The fourth-order valence-electron chi connectivity index (χ4n) is 3.91. The van der Waals surface area contributed by atoms with Crippen LogP contribution in [0.4, 0.5) is 0 Å². The molecule has 8 heteroatoms. The molecule has 2 heterocycles. The number of nitrogens with zero attached hydrogens (tertiary/aromatic N) is 1. The number of nitrogens with two attached hydrogens (primary N) is 1. The van der Waals surface area contributed by atoms with Crippen LogP contribution in [0, 0.1) is 18.3 Å². The van der Waals surface area contributed by atoms with Crippen LogP contribution in [0.25, 0.3) is 0 Å². The van der Waals surface area contributed by atoms with Crippen LogP contribution in [-0.2, 0) is 6.61 Å². The van der Waals surface area contributed by atoms with Crippen LogP contribution in [0.15, 0.2) is 60.0 Å². The molecule has 5 rings (SSSR count). The minimum absolute atomic E-state index is 0.0146. The Bertz CT molecular complexity index is 1310. The number of aryl methyl sites for hydroxylation is 1. The van der Waals surface area contributed by atoms with Gasteiger partial charge in [0.05, 0.1) is 16.0 Å². The standard InChI is InChI=1S/C25H18Cl2N2O4/c1-13-2-4-14(5-3-13)11-30-24-18(26)6-15(7-19(24)27)23-16-8-21-22(32-12-31-21)9-20(16)33-25(29)17(23)10-28/h2-9,23H,11-12,29H2,1H3/t23-/m0/s1. The highest BCUT2D eigenvalue weighted by atomic mass is 35.5. The van der Waals surface area contributed by atoms with E-state index in [-0.39, 0.29) is 18.2 Å². The van der Waals surface area contributed by atoms with Crippen LogP contribution in [0.5, 0.6) is 23.0 Å². The van der Waals surface area contributed by atoms with Gasteiger partial charge in [0.2, 0.25) is 12.7 Å². The molecule has 0 fully saturated rings. The summed E-state index contributed by atoms with van der Waals surface area (Å²) in [6, 6.07) is 17.1. The zero-order valence-electron chi connectivity index (χ0n) is 17.5. The summed E-state index contributed by atoms with van der Waals surface area (Å²) in [5.41, 5.74) is 9.87. The second-order valence-corrected chi connectivity index (χ2v) is 8.57. The number of rotatable bonds is 4. The Hall–Kier alpha value is -3.53. The van der Waals surface area contributed by atoms with E-state index in [2.05, 4.69) is 6.07 Å². The fourth-order valence-corrected chi connectivity index (χ4v) is 4.53. The first-order chi connectivity index (χ1) is 15.9. The van der Waals surface area contributed by atoms with Gasteiger partial charge in [-0.1, -0.05) is 53.0 Å². The van der Waals surface area contributed by atoms with Crippen molar-refractivity contribution in [3.05, 3.63) is 92.3 Å². The van der Waals surface area contributed by atoms with Gasteiger partial charge in [-0.3, -0.25) is 0 Å². The average molecular weight is 481 g/mol. The molecule has 33 heavy (non-hydrogen) atoms. The number of benzene rings is 3. The van der Waals surface area contributed by atoms with E-state index < -0.39 is 5.92 Å². The number of hydrogen-bond donors (Lipinski definition) is 1. The largest absolute Gasteiger partial charge is 0.486 e. The number of halogens is 2. The lowest BCUT2D eigenvalue weighted by molar-refractivity contribution is 0.174. The summed E-state index contributed by atoms with van der Waals surface area (Å²) >= 11 is 13.2. The number of ether oxygens (including phenoxy) is 4. The average Bonchev–Trinajstić information content (AvgIpc) is 3.24. The second kappa shape index (κ2) is 8.43. The molecule has 6 nitrogen and oxygen atoms in total. The SMILES string of the molecule is Cc1ccc(COc2c(Cl)cc([C@@H]3C(C#N)=C(N)Oc4cc5c(cc43)OCO5)cc2Cl)cc1. The third-order valence-electron chi connectivity index (χ3n) is 5.57. The van der Waals surface area contributed by atoms with Gasteiger partial charge in [-0.2, -0.15) is 5.26 Å². The van der Waals surface area contributed by atoms with Gasteiger partial charge in [-0.05, 0) is 36.2 Å². The van der Waals surface area contributed by atoms with Crippen molar-refractivity contribution in [2.24, 2.45) is 5.73 Å². The number of fused-ring (bicyclic) bond motifs is 2. The minimum atomic E-state index is -0.547. The molecule has 0 saturated carbocycles. The van der Waals surface area contributed by atoms with E-state index in [1.54, 1.807) is 24.3 Å². The number of allylic oxidation sites excluding steroid dienone is 1. The summed E-state index contributed by atoms with van der Waals surface area (Å²) < 4.78 is 22.6.